The smallest absolute Gasteiger partial charge is 0.311 e. The fourth-order valence-electron chi connectivity index (χ4n) is 1.46. The maximum Gasteiger partial charge on any atom is 0.311 e. The highest BCUT2D eigenvalue weighted by Crippen LogP contribution is 2.21. The second-order valence-corrected chi connectivity index (χ2v) is 4.75. The lowest BCUT2D eigenvalue weighted by Crippen LogP contribution is -2.41. The molecule has 0 saturated carbocycles. The van der Waals surface area contributed by atoms with Crippen LogP contribution in [-0.2, 0) is 4.79 Å². The highest BCUT2D eigenvalue weighted by molar-refractivity contribution is 5.94. The Balaban J connectivity index is 2.99. The molecule has 8 heteroatoms. The maximum atomic E-state index is 13.4. The minimum absolute atomic E-state index is 0.164. The molecule has 116 valence electrons. The van der Waals surface area contributed by atoms with Crippen molar-refractivity contribution in [2.75, 3.05) is 6.54 Å². The molecule has 0 fully saturated rings. The Labute approximate surface area is 117 Å². The number of rotatable bonds is 5. The van der Waals surface area contributed by atoms with Gasteiger partial charge in [0.2, 0.25) is 0 Å². The van der Waals surface area contributed by atoms with Crippen LogP contribution in [0.5, 0.6) is 0 Å². The van der Waals surface area contributed by atoms with Crippen LogP contribution < -0.4 is 5.32 Å². The van der Waals surface area contributed by atoms with Crippen molar-refractivity contribution >= 4 is 11.9 Å². The lowest BCUT2D eigenvalue weighted by molar-refractivity contribution is -0.147. The van der Waals surface area contributed by atoms with Crippen LogP contribution in [0.3, 0.4) is 0 Å². The predicted molar refractivity (Wildman–Crippen MR) is 64.6 cm³/mol. The number of halogens is 4. The number of aliphatic carboxylic acids is 1. The van der Waals surface area contributed by atoms with Gasteiger partial charge in [-0.25, -0.2) is 17.6 Å². The van der Waals surface area contributed by atoms with Gasteiger partial charge in [0.05, 0.1) is 11.0 Å². The fraction of sp³-hybridized carbons (Fsp3) is 0.385. The van der Waals surface area contributed by atoms with Gasteiger partial charge in [-0.3, -0.25) is 9.59 Å². The number of carboxylic acid groups (broad SMARTS) is 1. The van der Waals surface area contributed by atoms with Gasteiger partial charge in [-0.1, -0.05) is 6.92 Å². The number of hydrogen-bond donors (Lipinski definition) is 2. The normalized spacial score (nSPS) is 13.6. The Kier molecular flexibility index (Phi) is 4.93. The molecule has 0 aliphatic rings. The second-order valence-electron chi connectivity index (χ2n) is 4.75. The van der Waals surface area contributed by atoms with Crippen molar-refractivity contribution in [1.82, 2.24) is 5.32 Å². The number of carbonyl (C=O) groups excluding carboxylic acids is 1. The molecule has 0 spiro atoms. The number of benzene rings is 1. The zero-order valence-electron chi connectivity index (χ0n) is 11.3. The molecule has 1 atom stereocenters. The first-order chi connectivity index (χ1) is 9.64. The zero-order valence-corrected chi connectivity index (χ0v) is 11.3. The molecule has 1 amide bonds. The van der Waals surface area contributed by atoms with Crippen LogP contribution in [0, 0.1) is 28.7 Å². The van der Waals surface area contributed by atoms with Crippen LogP contribution in [0.1, 0.15) is 30.6 Å². The molecule has 0 heterocycles. The first kappa shape index (κ1) is 16.9. The summed E-state index contributed by atoms with van der Waals surface area (Å²) >= 11 is 0. The average Bonchev–Trinajstić information content (AvgIpc) is 2.45. The topological polar surface area (TPSA) is 66.4 Å². The lowest BCUT2D eigenvalue weighted by Gasteiger charge is -2.23. The summed E-state index contributed by atoms with van der Waals surface area (Å²) in [4.78, 5) is 22.7. The van der Waals surface area contributed by atoms with Crippen LogP contribution in [-0.4, -0.2) is 23.5 Å². The van der Waals surface area contributed by atoms with Crippen LogP contribution in [0.15, 0.2) is 6.07 Å². The summed E-state index contributed by atoms with van der Waals surface area (Å²) in [5.41, 5.74) is -2.35. The summed E-state index contributed by atoms with van der Waals surface area (Å²) in [6.45, 7) is 2.54. The molecule has 0 saturated heterocycles. The van der Waals surface area contributed by atoms with Gasteiger partial charge >= 0.3 is 5.97 Å². The number of hydrogen-bond acceptors (Lipinski definition) is 2. The largest absolute Gasteiger partial charge is 0.481 e. The Hall–Kier alpha value is -2.12. The van der Waals surface area contributed by atoms with E-state index in [1.165, 1.54) is 6.92 Å². The molecule has 1 unspecified atom stereocenters. The third kappa shape index (κ3) is 3.32. The standard InChI is InChI=1S/C13H13F4NO3/c1-3-13(2,12(20)21)5-18-11(19)6-4-7(14)9(16)10(17)8(6)15/h4H,3,5H2,1-2H3,(H,18,19)(H,20,21). The van der Waals surface area contributed by atoms with Crippen LogP contribution in [0.25, 0.3) is 0 Å². The molecular formula is C13H13F4NO3. The monoisotopic (exact) mass is 307 g/mol. The van der Waals surface area contributed by atoms with Crippen molar-refractivity contribution < 1.29 is 32.3 Å². The fourth-order valence-corrected chi connectivity index (χ4v) is 1.46. The summed E-state index contributed by atoms with van der Waals surface area (Å²) in [5.74, 6) is -10.1. The minimum Gasteiger partial charge on any atom is -0.481 e. The van der Waals surface area contributed by atoms with E-state index < -0.39 is 46.1 Å². The van der Waals surface area contributed by atoms with Gasteiger partial charge in [0, 0.05) is 6.54 Å². The molecule has 4 nitrogen and oxygen atoms in total. The first-order valence-electron chi connectivity index (χ1n) is 5.98. The first-order valence-corrected chi connectivity index (χ1v) is 5.98. The van der Waals surface area contributed by atoms with Crippen LogP contribution in [0.2, 0.25) is 0 Å². The SMILES string of the molecule is CCC(C)(CNC(=O)c1cc(F)c(F)c(F)c1F)C(=O)O. The molecule has 0 aromatic heterocycles. The number of amides is 1. The molecule has 0 aliphatic heterocycles. The summed E-state index contributed by atoms with van der Waals surface area (Å²) in [7, 11) is 0. The average molecular weight is 307 g/mol. The van der Waals surface area contributed by atoms with Crippen molar-refractivity contribution in [2.45, 2.75) is 20.3 Å². The molecule has 21 heavy (non-hydrogen) atoms. The lowest BCUT2D eigenvalue weighted by atomic mass is 9.87. The highest BCUT2D eigenvalue weighted by atomic mass is 19.2. The van der Waals surface area contributed by atoms with E-state index in [0.29, 0.717) is 0 Å². The van der Waals surface area contributed by atoms with Gasteiger partial charge in [0.1, 0.15) is 0 Å². The summed E-state index contributed by atoms with van der Waals surface area (Å²) in [5, 5.41) is 11.1. The van der Waals surface area contributed by atoms with Crippen molar-refractivity contribution in [3.8, 4) is 0 Å². The van der Waals surface area contributed by atoms with Gasteiger partial charge in [-0.05, 0) is 19.4 Å². The van der Waals surface area contributed by atoms with Gasteiger partial charge in [0.15, 0.2) is 23.3 Å². The number of carboxylic acids is 1. The van der Waals surface area contributed by atoms with E-state index in [4.69, 9.17) is 5.11 Å². The van der Waals surface area contributed by atoms with E-state index in [2.05, 4.69) is 5.32 Å². The Morgan fingerprint density at radius 3 is 2.24 bits per heavy atom. The quantitative estimate of drug-likeness (QED) is 0.499. The zero-order chi connectivity index (χ0) is 16.4. The molecular weight excluding hydrogens is 294 g/mol. The van der Waals surface area contributed by atoms with E-state index >= 15 is 0 Å². The molecule has 1 rings (SSSR count). The van der Waals surface area contributed by atoms with Crippen molar-refractivity contribution in [3.05, 3.63) is 34.9 Å². The van der Waals surface area contributed by atoms with E-state index in [1.807, 2.05) is 0 Å². The van der Waals surface area contributed by atoms with E-state index in [9.17, 15) is 27.2 Å². The third-order valence-corrected chi connectivity index (χ3v) is 3.28. The minimum atomic E-state index is -2.10. The Morgan fingerprint density at radius 1 is 1.19 bits per heavy atom. The van der Waals surface area contributed by atoms with Gasteiger partial charge in [0.25, 0.3) is 5.91 Å². The highest BCUT2D eigenvalue weighted by Gasteiger charge is 2.32. The van der Waals surface area contributed by atoms with Gasteiger partial charge in [-0.2, -0.15) is 0 Å². The summed E-state index contributed by atoms with van der Waals surface area (Å²) in [6, 6.07) is 0.215. The second kappa shape index (κ2) is 6.11. The number of nitrogens with one attached hydrogen (secondary N) is 1. The number of carbonyl (C=O) groups is 2. The van der Waals surface area contributed by atoms with Crippen LogP contribution >= 0.6 is 0 Å². The van der Waals surface area contributed by atoms with E-state index in [1.54, 1.807) is 6.92 Å². The van der Waals surface area contributed by atoms with Crippen LogP contribution in [0.4, 0.5) is 17.6 Å². The predicted octanol–water partition coefficient (Wildman–Crippen LogP) is 2.47. The Morgan fingerprint density at radius 2 is 1.76 bits per heavy atom. The van der Waals surface area contributed by atoms with Gasteiger partial charge in [-0.15, -0.1) is 0 Å². The molecule has 0 radical (unpaired) electrons. The van der Waals surface area contributed by atoms with Crippen molar-refractivity contribution in [1.29, 1.82) is 0 Å². The molecule has 0 aliphatic carbocycles. The molecule has 1 aromatic carbocycles. The maximum absolute atomic E-state index is 13.4. The molecule has 2 N–H and O–H groups in total. The van der Waals surface area contributed by atoms with E-state index in [0.717, 1.165) is 0 Å². The third-order valence-electron chi connectivity index (χ3n) is 3.28. The Bertz CT molecular complexity index is 591. The molecule has 1 aromatic rings. The van der Waals surface area contributed by atoms with Gasteiger partial charge < -0.3 is 10.4 Å². The van der Waals surface area contributed by atoms with E-state index in [-0.39, 0.29) is 19.0 Å². The molecule has 0 bridgehead atoms. The summed E-state index contributed by atoms with van der Waals surface area (Å²) in [6.07, 6.45) is 0.164. The van der Waals surface area contributed by atoms with Crippen molar-refractivity contribution in [2.24, 2.45) is 5.41 Å². The van der Waals surface area contributed by atoms with Crippen molar-refractivity contribution in [3.63, 3.8) is 0 Å². The summed E-state index contributed by atoms with van der Waals surface area (Å²) < 4.78 is 52.2.